The minimum atomic E-state index is -0.990. The van der Waals surface area contributed by atoms with Gasteiger partial charge in [-0.1, -0.05) is 6.92 Å². The van der Waals surface area contributed by atoms with E-state index in [1.54, 1.807) is 0 Å². The van der Waals surface area contributed by atoms with Crippen molar-refractivity contribution in [2.24, 2.45) is 0 Å². The van der Waals surface area contributed by atoms with Gasteiger partial charge in [-0.05, 0) is 33.4 Å². The lowest BCUT2D eigenvalue weighted by Crippen LogP contribution is -2.47. The summed E-state index contributed by atoms with van der Waals surface area (Å²) in [6.07, 6.45) is 1.56. The van der Waals surface area contributed by atoms with Gasteiger partial charge in [0.05, 0.1) is 0 Å². The molecule has 0 aromatic heterocycles. The Kier molecular flexibility index (Phi) is 8.13. The minimum Gasteiger partial charge on any atom is -0.480 e. The number of nitrogens with zero attached hydrogens (tertiary/aromatic N) is 1. The monoisotopic (exact) mass is 245 g/mol. The van der Waals surface area contributed by atoms with Crippen molar-refractivity contribution in [3.8, 4) is 0 Å². The van der Waals surface area contributed by atoms with E-state index in [4.69, 9.17) is 5.11 Å². The number of carbonyl (C=O) groups is 2. The molecule has 0 radical (unpaired) electrons. The highest BCUT2D eigenvalue weighted by Crippen LogP contribution is 2.03. The first-order valence-corrected chi connectivity index (χ1v) is 5.93. The number of urea groups is 1. The maximum absolute atomic E-state index is 11.8. The predicted octanol–water partition coefficient (Wildman–Crippen LogP) is 0.491. The number of amides is 2. The van der Waals surface area contributed by atoms with Gasteiger partial charge >= 0.3 is 12.0 Å². The van der Waals surface area contributed by atoms with Gasteiger partial charge in [-0.3, -0.25) is 4.79 Å². The second-order valence-electron chi connectivity index (χ2n) is 3.97. The number of hydrogen-bond donors (Lipinski definition) is 3. The van der Waals surface area contributed by atoms with Gasteiger partial charge in [0.2, 0.25) is 0 Å². The molecule has 6 heteroatoms. The van der Waals surface area contributed by atoms with Crippen LogP contribution in [0.2, 0.25) is 0 Å². The van der Waals surface area contributed by atoms with Crippen LogP contribution in [0.25, 0.3) is 0 Å². The summed E-state index contributed by atoms with van der Waals surface area (Å²) in [5, 5.41) is 14.5. The number of nitrogens with one attached hydrogen (secondary N) is 2. The van der Waals surface area contributed by atoms with E-state index in [2.05, 4.69) is 10.6 Å². The summed E-state index contributed by atoms with van der Waals surface area (Å²) in [5.74, 6) is -0.990. The van der Waals surface area contributed by atoms with Crippen molar-refractivity contribution in [1.82, 2.24) is 15.5 Å². The van der Waals surface area contributed by atoms with Crippen molar-refractivity contribution in [2.75, 3.05) is 26.7 Å². The predicted molar refractivity (Wildman–Crippen MR) is 66.0 cm³/mol. The van der Waals surface area contributed by atoms with Crippen LogP contribution < -0.4 is 10.6 Å². The molecule has 0 aliphatic rings. The Balaban J connectivity index is 4.18. The Bertz CT molecular complexity index is 246. The van der Waals surface area contributed by atoms with E-state index < -0.39 is 5.97 Å². The van der Waals surface area contributed by atoms with Crippen molar-refractivity contribution in [1.29, 1.82) is 0 Å². The molecule has 0 aromatic carbocycles. The zero-order chi connectivity index (χ0) is 13.3. The molecule has 0 aliphatic carbocycles. The fourth-order valence-corrected chi connectivity index (χ4v) is 1.36. The van der Waals surface area contributed by atoms with Crippen molar-refractivity contribution >= 4 is 12.0 Å². The van der Waals surface area contributed by atoms with Gasteiger partial charge in [0.15, 0.2) is 0 Å². The van der Waals surface area contributed by atoms with Crippen LogP contribution in [0.3, 0.4) is 0 Å². The van der Waals surface area contributed by atoms with Crippen LogP contribution in [0.4, 0.5) is 4.79 Å². The van der Waals surface area contributed by atoms with Crippen molar-refractivity contribution in [3.63, 3.8) is 0 Å². The Morgan fingerprint density at radius 1 is 1.35 bits per heavy atom. The lowest BCUT2D eigenvalue weighted by molar-refractivity contribution is -0.138. The van der Waals surface area contributed by atoms with Crippen LogP contribution in [0.5, 0.6) is 0 Å². The van der Waals surface area contributed by atoms with Gasteiger partial charge in [0.1, 0.15) is 6.54 Å². The van der Waals surface area contributed by atoms with E-state index in [-0.39, 0.29) is 18.6 Å². The normalized spacial score (nSPS) is 11.9. The largest absolute Gasteiger partial charge is 0.480 e. The quantitative estimate of drug-likeness (QED) is 0.544. The topological polar surface area (TPSA) is 81.7 Å². The van der Waals surface area contributed by atoms with E-state index in [0.717, 1.165) is 19.4 Å². The molecule has 0 spiro atoms. The molecular formula is C11H23N3O3. The third-order valence-electron chi connectivity index (χ3n) is 2.57. The number of carboxylic acid groups (broad SMARTS) is 1. The maximum atomic E-state index is 11.8. The van der Waals surface area contributed by atoms with Crippen molar-refractivity contribution < 1.29 is 14.7 Å². The molecule has 3 N–H and O–H groups in total. The Hall–Kier alpha value is -1.30. The maximum Gasteiger partial charge on any atom is 0.323 e. The molecular weight excluding hydrogens is 222 g/mol. The summed E-state index contributed by atoms with van der Waals surface area (Å²) in [6, 6.07) is -0.381. The fraction of sp³-hybridized carbons (Fsp3) is 0.818. The third-order valence-corrected chi connectivity index (χ3v) is 2.57. The summed E-state index contributed by atoms with van der Waals surface area (Å²) in [7, 11) is 1.84. The van der Waals surface area contributed by atoms with E-state index in [1.807, 2.05) is 20.9 Å². The smallest absolute Gasteiger partial charge is 0.323 e. The second-order valence-corrected chi connectivity index (χ2v) is 3.97. The Morgan fingerprint density at radius 3 is 2.47 bits per heavy atom. The molecule has 0 saturated heterocycles. The van der Waals surface area contributed by atoms with E-state index >= 15 is 0 Å². The summed E-state index contributed by atoms with van der Waals surface area (Å²) in [5.41, 5.74) is 0. The summed E-state index contributed by atoms with van der Waals surface area (Å²) >= 11 is 0. The molecule has 0 bridgehead atoms. The molecule has 0 aliphatic heterocycles. The zero-order valence-electron chi connectivity index (χ0n) is 10.8. The van der Waals surface area contributed by atoms with Crippen LogP contribution in [-0.4, -0.2) is 54.7 Å². The lowest BCUT2D eigenvalue weighted by atomic mass is 10.2. The average molecular weight is 245 g/mol. The second kappa shape index (κ2) is 8.81. The van der Waals surface area contributed by atoms with Crippen LogP contribution >= 0.6 is 0 Å². The van der Waals surface area contributed by atoms with Gasteiger partial charge in [0.25, 0.3) is 0 Å². The fourth-order valence-electron chi connectivity index (χ4n) is 1.36. The number of carboxylic acids is 1. The molecule has 0 fully saturated rings. The molecule has 0 heterocycles. The molecule has 0 aromatic rings. The van der Waals surface area contributed by atoms with Gasteiger partial charge in [-0.25, -0.2) is 4.79 Å². The summed E-state index contributed by atoms with van der Waals surface area (Å²) < 4.78 is 0. The first-order chi connectivity index (χ1) is 8.02. The van der Waals surface area contributed by atoms with Crippen LogP contribution in [-0.2, 0) is 4.79 Å². The Labute approximate surface area is 102 Å². The lowest BCUT2D eigenvalue weighted by Gasteiger charge is -2.27. The van der Waals surface area contributed by atoms with Crippen LogP contribution in [0.1, 0.15) is 26.7 Å². The molecule has 1 atom stereocenters. The number of carbonyl (C=O) groups excluding carboxylic acids is 1. The molecule has 0 rings (SSSR count). The standard InChI is InChI=1S/C11H23N3O3/c1-4-9(2)14(8-10(15)16)11(17)13-7-5-6-12-3/h9,12H,4-8H2,1-3H3,(H,13,17)(H,15,16). The molecule has 0 saturated carbocycles. The SMILES string of the molecule is CCC(C)N(CC(=O)O)C(=O)NCCCNC. The van der Waals surface area contributed by atoms with E-state index in [9.17, 15) is 9.59 Å². The highest BCUT2D eigenvalue weighted by Gasteiger charge is 2.20. The summed E-state index contributed by atoms with van der Waals surface area (Å²) in [4.78, 5) is 23.8. The number of hydrogen-bond acceptors (Lipinski definition) is 3. The molecule has 1 unspecified atom stereocenters. The minimum absolute atomic E-state index is 0.0737. The molecule has 17 heavy (non-hydrogen) atoms. The molecule has 100 valence electrons. The number of rotatable bonds is 8. The average Bonchev–Trinajstić information content (AvgIpc) is 2.30. The first kappa shape index (κ1) is 15.7. The zero-order valence-corrected chi connectivity index (χ0v) is 10.8. The molecule has 6 nitrogen and oxygen atoms in total. The highest BCUT2D eigenvalue weighted by molar-refractivity contribution is 5.80. The van der Waals surface area contributed by atoms with E-state index in [0.29, 0.717) is 6.54 Å². The van der Waals surface area contributed by atoms with Crippen molar-refractivity contribution in [3.05, 3.63) is 0 Å². The Morgan fingerprint density at radius 2 is 2.00 bits per heavy atom. The van der Waals surface area contributed by atoms with Gasteiger partial charge < -0.3 is 20.6 Å². The molecule has 2 amide bonds. The van der Waals surface area contributed by atoms with Gasteiger partial charge in [-0.2, -0.15) is 0 Å². The van der Waals surface area contributed by atoms with Gasteiger partial charge in [-0.15, -0.1) is 0 Å². The highest BCUT2D eigenvalue weighted by atomic mass is 16.4. The summed E-state index contributed by atoms with van der Waals surface area (Å²) in [6.45, 7) is 4.88. The van der Waals surface area contributed by atoms with Crippen molar-refractivity contribution in [2.45, 2.75) is 32.7 Å². The van der Waals surface area contributed by atoms with E-state index in [1.165, 1.54) is 4.90 Å². The first-order valence-electron chi connectivity index (χ1n) is 5.93. The van der Waals surface area contributed by atoms with Gasteiger partial charge in [0, 0.05) is 12.6 Å². The van der Waals surface area contributed by atoms with Crippen LogP contribution in [0.15, 0.2) is 0 Å². The third kappa shape index (κ3) is 6.78. The number of aliphatic carboxylic acids is 1. The van der Waals surface area contributed by atoms with Crippen LogP contribution in [0, 0.1) is 0 Å².